The van der Waals surface area contributed by atoms with Crippen LogP contribution in [0.4, 0.5) is 0 Å². The van der Waals surface area contributed by atoms with Gasteiger partial charge in [0, 0.05) is 6.20 Å². The largest absolute Gasteiger partial charge is 0.497 e. The molecule has 0 fully saturated rings. The smallest absolute Gasteiger partial charge is 0.229 e. The van der Waals surface area contributed by atoms with E-state index in [1.165, 1.54) is 0 Å². The summed E-state index contributed by atoms with van der Waals surface area (Å²) >= 11 is 8.37. The van der Waals surface area contributed by atoms with Crippen LogP contribution in [0, 0.1) is 0 Å². The minimum Gasteiger partial charge on any atom is -0.497 e. The van der Waals surface area contributed by atoms with Crippen LogP contribution < -0.4 is 15.2 Å². The molecule has 0 bridgehead atoms. The number of rotatable bonds is 4. The molecule has 2 N–H and O–H groups in total. The highest BCUT2D eigenvalue weighted by molar-refractivity contribution is 9.10. The summed E-state index contributed by atoms with van der Waals surface area (Å²) in [7, 11) is 1.60. The molecule has 0 atom stereocenters. The molecule has 2 aromatic rings. The number of methoxy groups -OCH3 is 1. The van der Waals surface area contributed by atoms with Gasteiger partial charge in [-0.3, -0.25) is 0 Å². The van der Waals surface area contributed by atoms with E-state index in [9.17, 15) is 0 Å². The monoisotopic (exact) mass is 338 g/mol. The van der Waals surface area contributed by atoms with E-state index in [0.29, 0.717) is 17.2 Å². The number of thiocarbonyl (C=S) groups is 1. The molecule has 1 aromatic heterocycles. The summed E-state index contributed by atoms with van der Waals surface area (Å²) in [4.78, 5) is 4.38. The highest BCUT2D eigenvalue weighted by Crippen LogP contribution is 2.33. The quantitative estimate of drug-likeness (QED) is 0.867. The fourth-order valence-electron chi connectivity index (χ4n) is 1.46. The lowest BCUT2D eigenvalue weighted by Crippen LogP contribution is -2.11. The standard InChI is InChI=1S/C13H11BrN2O2S/c1-17-8-4-5-11(10(14)7-8)18-13-9(12(15)19)3-2-6-16-13/h2-7H,1H3,(H2,15,19). The molecule has 0 spiro atoms. The number of pyridine rings is 1. The summed E-state index contributed by atoms with van der Waals surface area (Å²) in [5, 5.41) is 0. The van der Waals surface area contributed by atoms with Crippen molar-refractivity contribution in [2.24, 2.45) is 5.73 Å². The van der Waals surface area contributed by atoms with Crippen molar-refractivity contribution in [1.29, 1.82) is 0 Å². The van der Waals surface area contributed by atoms with Crippen LogP contribution in [-0.4, -0.2) is 17.1 Å². The van der Waals surface area contributed by atoms with Crippen molar-refractivity contribution in [2.75, 3.05) is 7.11 Å². The number of benzene rings is 1. The van der Waals surface area contributed by atoms with E-state index in [2.05, 4.69) is 20.9 Å². The minimum atomic E-state index is 0.243. The summed E-state index contributed by atoms with van der Waals surface area (Å²) < 4.78 is 11.6. The number of hydrogen-bond donors (Lipinski definition) is 1. The molecule has 0 amide bonds. The summed E-state index contributed by atoms with van der Waals surface area (Å²) in [6.45, 7) is 0. The van der Waals surface area contributed by atoms with E-state index in [1.54, 1.807) is 43.6 Å². The Hall–Kier alpha value is -1.66. The molecule has 19 heavy (non-hydrogen) atoms. The molecule has 1 heterocycles. The van der Waals surface area contributed by atoms with Gasteiger partial charge < -0.3 is 15.2 Å². The third-order valence-corrected chi connectivity index (χ3v) is 3.22. The van der Waals surface area contributed by atoms with E-state index in [0.717, 1.165) is 10.2 Å². The number of halogens is 1. The highest BCUT2D eigenvalue weighted by Gasteiger charge is 2.10. The van der Waals surface area contributed by atoms with Crippen LogP contribution in [0.3, 0.4) is 0 Å². The van der Waals surface area contributed by atoms with Gasteiger partial charge in [-0.1, -0.05) is 12.2 Å². The molecule has 0 aliphatic rings. The second kappa shape index (κ2) is 5.99. The lowest BCUT2D eigenvalue weighted by Gasteiger charge is -2.10. The maximum absolute atomic E-state index is 5.72. The van der Waals surface area contributed by atoms with Gasteiger partial charge in [-0.05, 0) is 46.3 Å². The number of hydrogen-bond acceptors (Lipinski definition) is 4. The van der Waals surface area contributed by atoms with E-state index < -0.39 is 0 Å². The zero-order valence-electron chi connectivity index (χ0n) is 10.1. The maximum Gasteiger partial charge on any atom is 0.229 e. The Bertz CT molecular complexity index is 619. The first-order chi connectivity index (χ1) is 9.11. The Morgan fingerprint density at radius 2 is 2.16 bits per heavy atom. The van der Waals surface area contributed by atoms with Crippen LogP contribution >= 0.6 is 28.1 Å². The van der Waals surface area contributed by atoms with E-state index in [-0.39, 0.29) is 4.99 Å². The summed E-state index contributed by atoms with van der Waals surface area (Å²) in [5.41, 5.74) is 6.23. The second-order valence-electron chi connectivity index (χ2n) is 3.62. The summed E-state index contributed by atoms with van der Waals surface area (Å²) in [5.74, 6) is 1.72. The van der Waals surface area contributed by atoms with Gasteiger partial charge in [0.15, 0.2) is 0 Å². The molecule has 0 aliphatic carbocycles. The van der Waals surface area contributed by atoms with E-state index in [1.807, 2.05) is 0 Å². The first-order valence-electron chi connectivity index (χ1n) is 5.38. The topological polar surface area (TPSA) is 57.4 Å². The number of aromatic nitrogens is 1. The first-order valence-corrected chi connectivity index (χ1v) is 6.58. The Kier molecular flexibility index (Phi) is 4.34. The lowest BCUT2D eigenvalue weighted by atomic mass is 10.2. The predicted molar refractivity (Wildman–Crippen MR) is 80.9 cm³/mol. The molecule has 1 aromatic carbocycles. The van der Waals surface area contributed by atoms with Gasteiger partial charge in [0.2, 0.25) is 5.88 Å². The van der Waals surface area contributed by atoms with Crippen LogP contribution in [0.15, 0.2) is 41.0 Å². The molecule has 0 aliphatic heterocycles. The third-order valence-electron chi connectivity index (χ3n) is 2.38. The van der Waals surface area contributed by atoms with Gasteiger partial charge in [0.1, 0.15) is 16.5 Å². The molecular weight excluding hydrogens is 328 g/mol. The van der Waals surface area contributed by atoms with Crippen molar-refractivity contribution < 1.29 is 9.47 Å². The highest BCUT2D eigenvalue weighted by atomic mass is 79.9. The van der Waals surface area contributed by atoms with Gasteiger partial charge in [0.25, 0.3) is 0 Å². The van der Waals surface area contributed by atoms with Gasteiger partial charge in [-0.25, -0.2) is 4.98 Å². The van der Waals surface area contributed by atoms with E-state index >= 15 is 0 Å². The van der Waals surface area contributed by atoms with Crippen molar-refractivity contribution in [2.45, 2.75) is 0 Å². The Morgan fingerprint density at radius 1 is 1.37 bits per heavy atom. The molecular formula is C13H11BrN2O2S. The number of nitrogens with zero attached hydrogens (tertiary/aromatic N) is 1. The van der Waals surface area contributed by atoms with Gasteiger partial charge in [-0.2, -0.15) is 0 Å². The van der Waals surface area contributed by atoms with Crippen molar-refractivity contribution in [1.82, 2.24) is 4.98 Å². The molecule has 0 unspecified atom stereocenters. The fourth-order valence-corrected chi connectivity index (χ4v) is 2.05. The SMILES string of the molecule is COc1ccc(Oc2ncccc2C(N)=S)c(Br)c1. The molecule has 98 valence electrons. The minimum absolute atomic E-state index is 0.243. The van der Waals surface area contributed by atoms with Gasteiger partial charge in [0.05, 0.1) is 17.1 Å². The van der Waals surface area contributed by atoms with Crippen molar-refractivity contribution in [3.05, 3.63) is 46.6 Å². The Labute approximate surface area is 124 Å². The van der Waals surface area contributed by atoms with E-state index in [4.69, 9.17) is 27.4 Å². The van der Waals surface area contributed by atoms with Crippen LogP contribution in [0.5, 0.6) is 17.4 Å². The number of nitrogens with two attached hydrogens (primary N) is 1. The molecule has 4 nitrogen and oxygen atoms in total. The first kappa shape index (κ1) is 13.8. The normalized spacial score (nSPS) is 10.0. The summed E-state index contributed by atoms with van der Waals surface area (Å²) in [6, 6.07) is 8.90. The van der Waals surface area contributed by atoms with Crippen LogP contribution in [0.2, 0.25) is 0 Å². The Balaban J connectivity index is 2.34. The molecule has 0 radical (unpaired) electrons. The molecule has 2 rings (SSSR count). The van der Waals surface area contributed by atoms with Gasteiger partial charge >= 0.3 is 0 Å². The van der Waals surface area contributed by atoms with Crippen LogP contribution in [-0.2, 0) is 0 Å². The van der Waals surface area contributed by atoms with Crippen molar-refractivity contribution in [3.8, 4) is 17.4 Å². The van der Waals surface area contributed by atoms with Gasteiger partial charge in [-0.15, -0.1) is 0 Å². The second-order valence-corrected chi connectivity index (χ2v) is 4.91. The predicted octanol–water partition coefficient (Wildman–Crippen LogP) is 3.28. The Morgan fingerprint density at radius 3 is 2.79 bits per heavy atom. The molecule has 0 saturated carbocycles. The van der Waals surface area contributed by atoms with Crippen LogP contribution in [0.25, 0.3) is 0 Å². The average Bonchev–Trinajstić information content (AvgIpc) is 2.41. The number of ether oxygens (including phenoxy) is 2. The average molecular weight is 339 g/mol. The van der Waals surface area contributed by atoms with Crippen molar-refractivity contribution >= 4 is 33.1 Å². The fraction of sp³-hybridized carbons (Fsp3) is 0.0769. The zero-order valence-corrected chi connectivity index (χ0v) is 12.5. The van der Waals surface area contributed by atoms with Crippen LogP contribution in [0.1, 0.15) is 5.56 Å². The maximum atomic E-state index is 5.72. The molecule has 0 saturated heterocycles. The van der Waals surface area contributed by atoms with Crippen molar-refractivity contribution in [3.63, 3.8) is 0 Å². The zero-order chi connectivity index (χ0) is 13.8. The lowest BCUT2D eigenvalue weighted by molar-refractivity contribution is 0.411. The summed E-state index contributed by atoms with van der Waals surface area (Å²) in [6.07, 6.45) is 1.62. The third kappa shape index (κ3) is 3.21. The molecule has 6 heteroatoms.